The van der Waals surface area contributed by atoms with E-state index in [1.54, 1.807) is 25.3 Å². The Bertz CT molecular complexity index is 1180. The van der Waals surface area contributed by atoms with E-state index < -0.39 is 0 Å². The molecule has 0 unspecified atom stereocenters. The van der Waals surface area contributed by atoms with Gasteiger partial charge < -0.3 is 29.4 Å². The molecule has 0 saturated heterocycles. The van der Waals surface area contributed by atoms with E-state index in [4.69, 9.17) is 26.4 Å². The smallest absolute Gasteiger partial charge is 0.253 e. The minimum Gasteiger partial charge on any atom is -0.486 e. The van der Waals surface area contributed by atoms with Crippen LogP contribution in [0.5, 0.6) is 11.5 Å². The fourth-order valence-corrected chi connectivity index (χ4v) is 3.88. The molecular weight excluding hydrogens is 445 g/mol. The van der Waals surface area contributed by atoms with Gasteiger partial charge in [-0.3, -0.25) is 4.79 Å². The van der Waals surface area contributed by atoms with Gasteiger partial charge in [-0.2, -0.15) is 0 Å². The zero-order valence-corrected chi connectivity index (χ0v) is 19.2. The minimum atomic E-state index is -0.300. The van der Waals surface area contributed by atoms with Crippen molar-refractivity contribution in [1.29, 1.82) is 0 Å². The number of benzene rings is 2. The van der Waals surface area contributed by atoms with Crippen molar-refractivity contribution in [2.75, 3.05) is 33.5 Å². The summed E-state index contributed by atoms with van der Waals surface area (Å²) in [6.07, 6.45) is 0.796. The van der Waals surface area contributed by atoms with Crippen LogP contribution in [0.2, 0.25) is 0 Å². The molecule has 0 bridgehead atoms. The van der Waals surface area contributed by atoms with Crippen LogP contribution >= 0.6 is 12.2 Å². The van der Waals surface area contributed by atoms with E-state index in [1.165, 1.54) is 12.1 Å². The molecule has 1 aliphatic rings. The first-order chi connectivity index (χ1) is 16.0. The van der Waals surface area contributed by atoms with Crippen LogP contribution in [0.15, 0.2) is 47.3 Å². The van der Waals surface area contributed by atoms with Crippen LogP contribution in [0, 0.1) is 5.82 Å². The number of H-pyrrole nitrogens is 1. The number of thiocarbonyl (C=S) groups is 1. The largest absolute Gasteiger partial charge is 0.486 e. The maximum absolute atomic E-state index is 13.4. The second-order valence-electron chi connectivity index (χ2n) is 7.77. The van der Waals surface area contributed by atoms with E-state index in [9.17, 15) is 9.18 Å². The first kappa shape index (κ1) is 23.0. The highest BCUT2D eigenvalue weighted by Crippen LogP contribution is 2.33. The summed E-state index contributed by atoms with van der Waals surface area (Å²) >= 11 is 5.62. The van der Waals surface area contributed by atoms with E-state index in [2.05, 4.69) is 10.3 Å². The number of pyridine rings is 1. The molecule has 0 spiro atoms. The van der Waals surface area contributed by atoms with Crippen molar-refractivity contribution in [2.45, 2.75) is 19.5 Å². The Labute approximate surface area is 196 Å². The normalized spacial score (nSPS) is 12.5. The summed E-state index contributed by atoms with van der Waals surface area (Å²) in [5.74, 6) is 0.979. The molecule has 2 N–H and O–H groups in total. The maximum Gasteiger partial charge on any atom is 0.253 e. The molecule has 1 aromatic heterocycles. The number of nitrogens with zero attached hydrogens (tertiary/aromatic N) is 1. The van der Waals surface area contributed by atoms with Crippen molar-refractivity contribution < 1.29 is 18.6 Å². The Morgan fingerprint density at radius 1 is 1.15 bits per heavy atom. The Balaban J connectivity index is 1.59. The molecule has 7 nitrogen and oxygen atoms in total. The van der Waals surface area contributed by atoms with E-state index >= 15 is 0 Å². The fourth-order valence-electron chi connectivity index (χ4n) is 3.64. The minimum absolute atomic E-state index is 0.203. The molecule has 0 atom stereocenters. The van der Waals surface area contributed by atoms with Crippen molar-refractivity contribution in [3.8, 4) is 11.5 Å². The molecule has 0 aliphatic carbocycles. The Kier molecular flexibility index (Phi) is 7.41. The number of fused-ring (bicyclic) bond motifs is 2. The lowest BCUT2D eigenvalue weighted by molar-refractivity contribution is 0.172. The van der Waals surface area contributed by atoms with Crippen LogP contribution in [0.4, 0.5) is 4.39 Å². The number of nitrogens with one attached hydrogen (secondary N) is 2. The van der Waals surface area contributed by atoms with Gasteiger partial charge in [-0.15, -0.1) is 0 Å². The number of methoxy groups -OCH3 is 1. The zero-order chi connectivity index (χ0) is 23.2. The van der Waals surface area contributed by atoms with Gasteiger partial charge in [0, 0.05) is 43.8 Å². The molecule has 9 heteroatoms. The zero-order valence-electron chi connectivity index (χ0n) is 18.4. The molecule has 4 rings (SSSR count). The monoisotopic (exact) mass is 471 g/mol. The molecule has 3 aromatic rings. The number of halogens is 1. The topological polar surface area (TPSA) is 75.8 Å². The van der Waals surface area contributed by atoms with Gasteiger partial charge in [0.25, 0.3) is 5.56 Å². The van der Waals surface area contributed by atoms with Crippen LogP contribution in [0.1, 0.15) is 17.5 Å². The third-order valence-corrected chi connectivity index (χ3v) is 5.72. The highest BCUT2D eigenvalue weighted by Gasteiger charge is 2.17. The molecule has 2 heterocycles. The van der Waals surface area contributed by atoms with E-state index in [0.717, 1.165) is 17.4 Å². The summed E-state index contributed by atoms with van der Waals surface area (Å²) in [7, 11) is 1.65. The second kappa shape index (κ2) is 10.6. The lowest BCUT2D eigenvalue weighted by atomic mass is 10.1. The Hall–Kier alpha value is -3.17. The summed E-state index contributed by atoms with van der Waals surface area (Å²) < 4.78 is 29.7. The van der Waals surface area contributed by atoms with Gasteiger partial charge in [-0.25, -0.2) is 4.39 Å². The summed E-state index contributed by atoms with van der Waals surface area (Å²) in [6, 6.07) is 11.8. The van der Waals surface area contributed by atoms with Gasteiger partial charge in [-0.1, -0.05) is 12.1 Å². The number of ether oxygens (including phenoxy) is 3. The first-order valence-electron chi connectivity index (χ1n) is 10.7. The van der Waals surface area contributed by atoms with Gasteiger partial charge in [0.1, 0.15) is 19.0 Å². The lowest BCUT2D eigenvalue weighted by Crippen LogP contribution is -2.40. The van der Waals surface area contributed by atoms with Crippen molar-refractivity contribution in [1.82, 2.24) is 15.2 Å². The van der Waals surface area contributed by atoms with Crippen LogP contribution in [0.25, 0.3) is 10.9 Å². The Morgan fingerprint density at radius 2 is 1.88 bits per heavy atom. The van der Waals surface area contributed by atoms with Crippen molar-refractivity contribution >= 4 is 28.2 Å². The first-order valence-corrected chi connectivity index (χ1v) is 11.2. The predicted octanol–water partition coefficient (Wildman–Crippen LogP) is 3.35. The number of aromatic amines is 1. The predicted molar refractivity (Wildman–Crippen MR) is 128 cm³/mol. The SMILES string of the molecule is COCCCNC(=S)N(Cc1ccc(F)cc1)Cc1cc2cc3c(cc2[nH]c1=O)OCCO3. The molecular formula is C24H26FN3O4S. The molecule has 0 saturated carbocycles. The highest BCUT2D eigenvalue weighted by atomic mass is 32.1. The average Bonchev–Trinajstić information content (AvgIpc) is 2.82. The number of hydrogen-bond acceptors (Lipinski definition) is 5. The third kappa shape index (κ3) is 5.80. The standard InChI is InChI=1S/C24H26FN3O4S/c1-30-8-2-7-26-24(33)28(14-16-3-5-19(25)6-4-16)15-18-11-17-12-21-22(32-10-9-31-21)13-20(17)27-23(18)29/h3-6,11-13H,2,7-10,14-15H2,1H3,(H,26,33)(H,27,29). The van der Waals surface area contributed by atoms with E-state index in [-0.39, 0.29) is 17.9 Å². The number of hydrogen-bond donors (Lipinski definition) is 2. The average molecular weight is 472 g/mol. The quantitative estimate of drug-likeness (QED) is 0.385. The summed E-state index contributed by atoms with van der Waals surface area (Å²) in [4.78, 5) is 17.7. The van der Waals surface area contributed by atoms with Crippen LogP contribution in [-0.4, -0.2) is 48.5 Å². The summed E-state index contributed by atoms with van der Waals surface area (Å²) in [5.41, 5.74) is 1.92. The fraction of sp³-hybridized carbons (Fsp3) is 0.333. The lowest BCUT2D eigenvalue weighted by Gasteiger charge is -2.26. The van der Waals surface area contributed by atoms with Gasteiger partial charge in [0.05, 0.1) is 12.1 Å². The Morgan fingerprint density at radius 3 is 2.61 bits per heavy atom. The van der Waals surface area contributed by atoms with Crippen LogP contribution in [0.3, 0.4) is 0 Å². The van der Waals surface area contributed by atoms with Gasteiger partial charge >= 0.3 is 0 Å². The number of aromatic nitrogens is 1. The molecule has 0 radical (unpaired) electrons. The molecule has 33 heavy (non-hydrogen) atoms. The van der Waals surface area contributed by atoms with Gasteiger partial charge in [-0.05, 0) is 48.5 Å². The van der Waals surface area contributed by atoms with Crippen LogP contribution in [-0.2, 0) is 17.8 Å². The molecule has 2 aromatic carbocycles. The molecule has 174 valence electrons. The van der Waals surface area contributed by atoms with Gasteiger partial charge in [0.15, 0.2) is 16.6 Å². The van der Waals surface area contributed by atoms with E-state index in [1.807, 2.05) is 17.0 Å². The summed E-state index contributed by atoms with van der Waals surface area (Å²) in [6.45, 7) is 2.94. The second-order valence-corrected chi connectivity index (χ2v) is 8.15. The molecule has 1 aliphatic heterocycles. The van der Waals surface area contributed by atoms with Gasteiger partial charge in [0.2, 0.25) is 0 Å². The third-order valence-electron chi connectivity index (χ3n) is 5.32. The van der Waals surface area contributed by atoms with Crippen LogP contribution < -0.4 is 20.3 Å². The van der Waals surface area contributed by atoms with Crippen molar-refractivity contribution in [3.05, 3.63) is 69.8 Å². The molecule has 0 fully saturated rings. The maximum atomic E-state index is 13.4. The number of rotatable bonds is 8. The van der Waals surface area contributed by atoms with Crippen molar-refractivity contribution in [3.63, 3.8) is 0 Å². The molecule has 0 amide bonds. The van der Waals surface area contributed by atoms with E-state index in [0.29, 0.717) is 60.6 Å². The highest BCUT2D eigenvalue weighted by molar-refractivity contribution is 7.80. The van der Waals surface area contributed by atoms with Crippen molar-refractivity contribution in [2.24, 2.45) is 0 Å². The summed E-state index contributed by atoms with van der Waals surface area (Å²) in [5, 5.41) is 4.57.